The van der Waals surface area contributed by atoms with Crippen LogP contribution in [0.4, 0.5) is 11.4 Å². The molecule has 0 amide bonds. The zero-order valence-electron chi connectivity index (χ0n) is 57.3. The molecule has 1 saturated heterocycles. The van der Waals surface area contributed by atoms with E-state index in [2.05, 4.69) is 103 Å². The quantitative estimate of drug-likeness (QED) is 0.0153. The number of rotatable bonds is 32. The SMILES string of the molecule is COc1cc2c(cc1OCc1cc(COc3cc4c(cc3OC)CN3Cc5ccccc5C[C@H]3C=N4)cc(C[N+](C)(C)Cc3ccc(OS(=O)(=O)Oc4cc(C(=O)CCCOCCOCCOCCN)ccc4OC4O[C@H](CO)[C@H](O)[C@H](O)[C@H]4O)cc3)c1)N=C[C@@H]1Cc3ccccc3CN1C2. The third-order valence-corrected chi connectivity index (χ3v) is 19.3. The van der Waals surface area contributed by atoms with Crippen LogP contribution in [0.25, 0.3) is 0 Å². The van der Waals surface area contributed by atoms with Crippen molar-refractivity contribution in [3.63, 3.8) is 0 Å². The van der Waals surface area contributed by atoms with E-state index in [4.69, 9.17) is 66.7 Å². The minimum absolute atomic E-state index is 0.0151. The van der Waals surface area contributed by atoms with Crippen LogP contribution in [-0.4, -0.2) is 185 Å². The number of nitrogens with two attached hydrogens (primary N) is 1. The largest absolute Gasteiger partial charge is 0.501 e. The Kier molecular flexibility index (Phi) is 23.8. The molecule has 0 bridgehead atoms. The number of nitrogens with zero attached hydrogens (tertiary/aromatic N) is 5. The third kappa shape index (κ3) is 18.5. The molecule has 101 heavy (non-hydrogen) atoms. The lowest BCUT2D eigenvalue weighted by Gasteiger charge is -2.39. The van der Waals surface area contributed by atoms with Crippen LogP contribution in [0.5, 0.6) is 40.2 Å². The molecule has 12 rings (SSSR count). The number of aliphatic hydroxyl groups excluding tert-OH is 4. The van der Waals surface area contributed by atoms with Crippen LogP contribution >= 0.6 is 0 Å². The number of hydrogen-bond acceptors (Lipinski definition) is 23. The van der Waals surface area contributed by atoms with Crippen molar-refractivity contribution in [3.05, 3.63) is 195 Å². The van der Waals surface area contributed by atoms with E-state index in [0.717, 1.165) is 76.8 Å². The maximum Gasteiger partial charge on any atom is 0.501 e. The van der Waals surface area contributed by atoms with Gasteiger partial charge in [-0.05, 0) is 137 Å². The Labute approximate surface area is 588 Å². The fourth-order valence-corrected chi connectivity index (χ4v) is 14.2. The maximum absolute atomic E-state index is 13.9. The van der Waals surface area contributed by atoms with Crippen molar-refractivity contribution >= 4 is 40.0 Å². The molecule has 7 aromatic carbocycles. The van der Waals surface area contributed by atoms with Crippen molar-refractivity contribution < 1.29 is 89.1 Å². The highest BCUT2D eigenvalue weighted by atomic mass is 32.3. The van der Waals surface area contributed by atoms with E-state index < -0.39 is 53.5 Å². The van der Waals surface area contributed by atoms with Crippen LogP contribution in [0.15, 0.2) is 143 Å². The molecule has 536 valence electrons. The monoisotopic (exact) mass is 1410 g/mol. The Morgan fingerprint density at radius 3 is 1.64 bits per heavy atom. The molecule has 0 spiro atoms. The number of aliphatic imine (C=N–C) groups is 2. The number of carbonyl (C=O) groups excluding carboxylic acids is 1. The second-order valence-corrected chi connectivity index (χ2v) is 27.7. The molecule has 7 aromatic rings. The smallest absolute Gasteiger partial charge is 0.493 e. The summed E-state index contributed by atoms with van der Waals surface area (Å²) in [5.41, 5.74) is 18.2. The summed E-state index contributed by atoms with van der Waals surface area (Å²) in [5.74, 6) is 1.00. The van der Waals surface area contributed by atoms with Crippen molar-refractivity contribution in [2.45, 2.75) is 121 Å². The number of Topliss-reactive ketones (excluding diaryl/α,β-unsaturated/α-hetero) is 1. The Morgan fingerprint density at radius 2 is 1.09 bits per heavy atom. The summed E-state index contributed by atoms with van der Waals surface area (Å²) in [6, 6.07) is 42.1. The first-order valence-electron chi connectivity index (χ1n) is 34.0. The fraction of sp³-hybridized carbons (Fsp3) is 0.408. The van der Waals surface area contributed by atoms with Crippen molar-refractivity contribution in [2.24, 2.45) is 15.7 Å². The molecule has 5 heterocycles. The molecule has 0 radical (unpaired) electrons. The summed E-state index contributed by atoms with van der Waals surface area (Å²) >= 11 is 0. The summed E-state index contributed by atoms with van der Waals surface area (Å²) in [6.45, 7) is 6.26. The highest BCUT2D eigenvalue weighted by Crippen LogP contribution is 2.42. The Bertz CT molecular complexity index is 4040. The average Bonchev–Trinajstić information content (AvgIpc) is 1.63. The molecule has 5 aliphatic heterocycles. The minimum atomic E-state index is -4.99. The van der Waals surface area contributed by atoms with Gasteiger partial charge < -0.3 is 81.6 Å². The lowest BCUT2D eigenvalue weighted by molar-refractivity contribution is -0.916. The molecule has 1 unspecified atom stereocenters. The van der Waals surface area contributed by atoms with E-state index >= 15 is 0 Å². The lowest BCUT2D eigenvalue weighted by Crippen LogP contribution is -2.60. The molecule has 0 saturated carbocycles. The zero-order valence-corrected chi connectivity index (χ0v) is 58.1. The topological polar surface area (TPSA) is 291 Å². The molecular formula is C76H89N6O18S+. The fourth-order valence-electron chi connectivity index (χ4n) is 13.4. The molecule has 0 aliphatic carbocycles. The van der Waals surface area contributed by atoms with Gasteiger partial charge in [0, 0.05) is 99.1 Å². The van der Waals surface area contributed by atoms with Gasteiger partial charge in [0.25, 0.3) is 0 Å². The number of quaternary nitrogens is 1. The summed E-state index contributed by atoms with van der Waals surface area (Å²) in [6.07, 6.45) is -2.20. The zero-order chi connectivity index (χ0) is 70.6. The molecule has 7 atom stereocenters. The minimum Gasteiger partial charge on any atom is -0.493 e. The number of benzene rings is 7. The van der Waals surface area contributed by atoms with Gasteiger partial charge in [-0.25, -0.2) is 0 Å². The lowest BCUT2D eigenvalue weighted by atomic mass is 9.94. The average molecular weight is 1410 g/mol. The molecular weight excluding hydrogens is 1320 g/mol. The van der Waals surface area contributed by atoms with Crippen LogP contribution in [0, 0.1) is 0 Å². The molecule has 0 aromatic heterocycles. The first-order valence-corrected chi connectivity index (χ1v) is 35.4. The first kappa shape index (κ1) is 72.4. The van der Waals surface area contributed by atoms with Gasteiger partial charge in [-0.2, -0.15) is 0 Å². The molecule has 1 fully saturated rings. The number of hydrogen-bond donors (Lipinski definition) is 5. The summed E-state index contributed by atoms with van der Waals surface area (Å²) in [4.78, 5) is 28.5. The second kappa shape index (κ2) is 33.2. The van der Waals surface area contributed by atoms with E-state index in [1.807, 2.05) is 24.3 Å². The summed E-state index contributed by atoms with van der Waals surface area (Å²) < 4.78 is 92.3. The predicted octanol–water partition coefficient (Wildman–Crippen LogP) is 7.78. The van der Waals surface area contributed by atoms with Gasteiger partial charge in [0.1, 0.15) is 56.5 Å². The van der Waals surface area contributed by atoms with Crippen LogP contribution in [-0.2, 0) is 94.7 Å². The molecule has 5 aliphatic rings. The third-order valence-electron chi connectivity index (χ3n) is 18.5. The normalized spacial score (nSPS) is 20.2. The summed E-state index contributed by atoms with van der Waals surface area (Å²) in [7, 11) is 2.50. The number of carbonyl (C=O) groups is 1. The van der Waals surface area contributed by atoms with E-state index in [9.17, 15) is 33.6 Å². The van der Waals surface area contributed by atoms with Gasteiger partial charge in [-0.1, -0.05) is 48.5 Å². The predicted molar refractivity (Wildman–Crippen MR) is 376 cm³/mol. The van der Waals surface area contributed by atoms with E-state index in [1.165, 1.54) is 46.5 Å². The maximum atomic E-state index is 13.9. The second-order valence-electron chi connectivity index (χ2n) is 26.5. The number of ketones is 1. The van der Waals surface area contributed by atoms with Gasteiger partial charge in [0.2, 0.25) is 6.29 Å². The first-order chi connectivity index (χ1) is 48.9. The van der Waals surface area contributed by atoms with E-state index in [-0.39, 0.29) is 61.2 Å². The number of aliphatic hydroxyl groups is 4. The van der Waals surface area contributed by atoms with Gasteiger partial charge in [0.15, 0.2) is 40.3 Å². The van der Waals surface area contributed by atoms with Crippen LogP contribution in [0.1, 0.15) is 78.8 Å². The van der Waals surface area contributed by atoms with Gasteiger partial charge >= 0.3 is 10.4 Å². The summed E-state index contributed by atoms with van der Waals surface area (Å²) in [5, 5.41) is 41.6. The molecule has 24 nitrogen and oxygen atoms in total. The number of ether oxygens (including phenoxy) is 9. The van der Waals surface area contributed by atoms with E-state index in [0.29, 0.717) is 99.7 Å². The Hall–Kier alpha value is -8.38. The molecule has 6 N–H and O–H groups in total. The highest BCUT2D eigenvalue weighted by molar-refractivity contribution is 7.82. The van der Waals surface area contributed by atoms with Crippen LogP contribution in [0.3, 0.4) is 0 Å². The van der Waals surface area contributed by atoms with Crippen molar-refractivity contribution in [1.82, 2.24) is 9.80 Å². The number of fused-ring (bicyclic) bond motifs is 6. The van der Waals surface area contributed by atoms with E-state index in [1.54, 1.807) is 26.4 Å². The van der Waals surface area contributed by atoms with Crippen molar-refractivity contribution in [1.29, 1.82) is 0 Å². The van der Waals surface area contributed by atoms with Gasteiger partial charge in [-0.3, -0.25) is 24.6 Å². The van der Waals surface area contributed by atoms with Crippen LogP contribution in [0.2, 0.25) is 0 Å². The van der Waals surface area contributed by atoms with Crippen molar-refractivity contribution in [3.8, 4) is 40.2 Å². The Morgan fingerprint density at radius 1 is 0.564 bits per heavy atom. The Balaban J connectivity index is 0.740. The highest BCUT2D eigenvalue weighted by Gasteiger charge is 2.45. The van der Waals surface area contributed by atoms with Crippen LogP contribution < -0.4 is 37.8 Å². The van der Waals surface area contributed by atoms with Crippen molar-refractivity contribution in [2.75, 3.05) is 81.1 Å². The number of methoxy groups -OCH3 is 2. The standard InChI is InChI=1S/C76H89N6O18S/c1-82(2,44-49-15-18-62(19-16-49)99-101(88,89)100-71-33-55(65(84)14-9-22-92-24-26-94-27-25-93-23-21-77)17-20-66(71)97-76-75(87)74(86)73(85)72(46-83)98-76)45-50-28-51(47-95-69-36-63-58(34-67(69)90-3)42-80-40-56-12-7-5-10-53(56)31-60(80)38-78-63)30-52(29-50)48-96-70-37-64-59(35-68(70)91-4)43-81-41-57-13-8-6-11-54(57)32-61(81)39-79-64/h5-8,10-13,15-20,28-30,33-39,60-61,72-76,83,85-87H,9,14,21-27,31-32,40-48,77H2,1-4H3/q+1/t60-,61-,72+,73-,74-,75+,76?/m0/s1. The van der Waals surface area contributed by atoms with Gasteiger partial charge in [-0.15, -0.1) is 8.42 Å². The molecule has 25 heteroatoms. The van der Waals surface area contributed by atoms with Gasteiger partial charge in [0.05, 0.1) is 79.3 Å².